The number of esters is 1. The molecule has 0 saturated carbocycles. The van der Waals surface area contributed by atoms with Gasteiger partial charge < -0.3 is 14.2 Å². The van der Waals surface area contributed by atoms with Crippen LogP contribution >= 0.6 is 0 Å². The highest BCUT2D eigenvalue weighted by Crippen LogP contribution is 2.38. The van der Waals surface area contributed by atoms with Crippen LogP contribution in [0.25, 0.3) is 0 Å². The topological polar surface area (TPSA) is 57.7 Å². The van der Waals surface area contributed by atoms with Crippen molar-refractivity contribution in [2.75, 3.05) is 14.2 Å². The first kappa shape index (κ1) is 16.9. The van der Waals surface area contributed by atoms with Gasteiger partial charge in [0.2, 0.25) is 11.8 Å². The third-order valence-corrected chi connectivity index (χ3v) is 2.07. The lowest BCUT2D eigenvalue weighted by atomic mass is 10.1. The summed E-state index contributed by atoms with van der Waals surface area (Å²) in [4.78, 5) is 14.4. The van der Waals surface area contributed by atoms with Crippen LogP contribution in [0.2, 0.25) is 0 Å². The van der Waals surface area contributed by atoms with Gasteiger partial charge in [-0.1, -0.05) is 0 Å². The van der Waals surface area contributed by atoms with E-state index in [1.807, 2.05) is 0 Å². The van der Waals surface area contributed by atoms with Crippen LogP contribution in [-0.2, 0) is 10.9 Å². The molecule has 1 aromatic heterocycles. The predicted molar refractivity (Wildman–Crippen MR) is 53.8 cm³/mol. The molecule has 0 spiro atoms. The van der Waals surface area contributed by atoms with E-state index in [0.717, 1.165) is 14.2 Å². The Hall–Kier alpha value is -2.20. The molecule has 0 aliphatic rings. The summed E-state index contributed by atoms with van der Waals surface area (Å²) in [7, 11) is 1.62. The second-order valence-electron chi connectivity index (χ2n) is 3.43. The molecule has 0 aliphatic carbocycles. The SMILES string of the molecule is COC(=O)c1c(C(F)(F)F)cc(OC(F)(F)F)nc1OC. The Morgan fingerprint density at radius 1 is 1.14 bits per heavy atom. The summed E-state index contributed by atoms with van der Waals surface area (Å²) in [5.74, 6) is -3.89. The van der Waals surface area contributed by atoms with E-state index >= 15 is 0 Å². The van der Waals surface area contributed by atoms with Gasteiger partial charge in [0, 0.05) is 6.07 Å². The fourth-order valence-electron chi connectivity index (χ4n) is 1.34. The predicted octanol–water partition coefficient (Wildman–Crippen LogP) is 2.79. The number of hydrogen-bond donors (Lipinski definition) is 0. The molecule has 0 unspecified atom stereocenters. The van der Waals surface area contributed by atoms with Crippen molar-refractivity contribution in [1.29, 1.82) is 0 Å². The average molecular weight is 319 g/mol. The molecule has 0 bridgehead atoms. The molecule has 0 aliphatic heterocycles. The lowest BCUT2D eigenvalue weighted by Gasteiger charge is -2.16. The number of hydrogen-bond acceptors (Lipinski definition) is 5. The highest BCUT2D eigenvalue weighted by Gasteiger charge is 2.41. The maximum Gasteiger partial charge on any atom is 0.574 e. The molecule has 1 rings (SSSR count). The number of pyridine rings is 1. The van der Waals surface area contributed by atoms with Crippen molar-refractivity contribution >= 4 is 5.97 Å². The molecule has 21 heavy (non-hydrogen) atoms. The van der Waals surface area contributed by atoms with E-state index in [1.54, 1.807) is 0 Å². The van der Waals surface area contributed by atoms with Gasteiger partial charge in [-0.15, -0.1) is 13.2 Å². The number of ether oxygens (including phenoxy) is 3. The Bertz CT molecular complexity index is 540. The van der Waals surface area contributed by atoms with Crippen LogP contribution in [-0.4, -0.2) is 31.5 Å². The first-order valence-corrected chi connectivity index (χ1v) is 5.00. The Kier molecular flexibility index (Phi) is 4.54. The molecule has 5 nitrogen and oxygen atoms in total. The molecule has 0 atom stereocenters. The molecule has 0 aromatic carbocycles. The number of methoxy groups -OCH3 is 2. The third kappa shape index (κ3) is 4.13. The summed E-state index contributed by atoms with van der Waals surface area (Å²) in [5, 5.41) is 0. The van der Waals surface area contributed by atoms with Crippen molar-refractivity contribution in [2.24, 2.45) is 0 Å². The van der Waals surface area contributed by atoms with E-state index in [4.69, 9.17) is 0 Å². The monoisotopic (exact) mass is 319 g/mol. The summed E-state index contributed by atoms with van der Waals surface area (Å²) >= 11 is 0. The van der Waals surface area contributed by atoms with Gasteiger partial charge in [0.1, 0.15) is 5.56 Å². The van der Waals surface area contributed by atoms with Crippen LogP contribution in [0.1, 0.15) is 15.9 Å². The van der Waals surface area contributed by atoms with Crippen LogP contribution < -0.4 is 9.47 Å². The maximum absolute atomic E-state index is 12.8. The van der Waals surface area contributed by atoms with Crippen molar-refractivity contribution in [3.05, 3.63) is 17.2 Å². The Balaban J connectivity index is 3.54. The summed E-state index contributed by atoms with van der Waals surface area (Å²) in [5.41, 5.74) is -2.87. The van der Waals surface area contributed by atoms with Gasteiger partial charge in [0.05, 0.1) is 19.8 Å². The van der Waals surface area contributed by atoms with Crippen LogP contribution in [0, 0.1) is 0 Å². The summed E-state index contributed by atoms with van der Waals surface area (Å²) in [6.07, 6.45) is -10.4. The van der Waals surface area contributed by atoms with Crippen LogP contribution in [0.15, 0.2) is 6.07 Å². The van der Waals surface area contributed by atoms with E-state index in [0.29, 0.717) is 0 Å². The van der Waals surface area contributed by atoms with Crippen molar-refractivity contribution in [3.63, 3.8) is 0 Å². The molecule has 0 N–H and O–H groups in total. The Morgan fingerprint density at radius 3 is 2.10 bits per heavy atom. The van der Waals surface area contributed by atoms with E-state index in [1.165, 1.54) is 0 Å². The van der Waals surface area contributed by atoms with Crippen LogP contribution in [0.4, 0.5) is 26.3 Å². The lowest BCUT2D eigenvalue weighted by Crippen LogP contribution is -2.21. The smallest absolute Gasteiger partial charge is 0.480 e. The molecular formula is C10H7F6NO4. The number of carbonyl (C=O) groups excluding carboxylic acids is 1. The van der Waals surface area contributed by atoms with Gasteiger partial charge in [0.15, 0.2) is 0 Å². The largest absolute Gasteiger partial charge is 0.574 e. The van der Waals surface area contributed by atoms with Crippen molar-refractivity contribution in [1.82, 2.24) is 4.98 Å². The fourth-order valence-corrected chi connectivity index (χ4v) is 1.34. The van der Waals surface area contributed by atoms with Gasteiger partial charge in [-0.25, -0.2) is 4.79 Å². The zero-order valence-corrected chi connectivity index (χ0v) is 10.4. The quantitative estimate of drug-likeness (QED) is 0.633. The minimum atomic E-state index is -5.26. The number of alkyl halides is 6. The molecule has 0 radical (unpaired) electrons. The number of carbonyl (C=O) groups is 1. The fraction of sp³-hybridized carbons (Fsp3) is 0.400. The van der Waals surface area contributed by atoms with Gasteiger partial charge in [0.25, 0.3) is 0 Å². The van der Waals surface area contributed by atoms with Gasteiger partial charge in [-0.05, 0) is 0 Å². The third-order valence-electron chi connectivity index (χ3n) is 2.07. The van der Waals surface area contributed by atoms with Crippen molar-refractivity contribution in [2.45, 2.75) is 12.5 Å². The Labute approximate surface area is 113 Å². The molecule has 1 aromatic rings. The second kappa shape index (κ2) is 5.66. The highest BCUT2D eigenvalue weighted by atomic mass is 19.4. The first-order chi connectivity index (χ1) is 9.49. The standard InChI is InChI=1S/C10H7F6NO4/c1-19-7-6(8(18)20-2)4(9(11,12)13)3-5(17-7)21-10(14,15)16/h3H,1-2H3. The highest BCUT2D eigenvalue weighted by molar-refractivity contribution is 5.93. The normalized spacial score (nSPS) is 12.0. The van der Waals surface area contributed by atoms with E-state index in [2.05, 4.69) is 19.2 Å². The van der Waals surface area contributed by atoms with Gasteiger partial charge >= 0.3 is 18.5 Å². The molecule has 0 saturated heterocycles. The number of aromatic nitrogens is 1. The summed E-state index contributed by atoms with van der Waals surface area (Å²) in [6.45, 7) is 0. The number of halogens is 6. The first-order valence-electron chi connectivity index (χ1n) is 5.00. The van der Waals surface area contributed by atoms with E-state index < -0.39 is 41.4 Å². The zero-order chi connectivity index (χ0) is 16.4. The molecule has 11 heteroatoms. The maximum atomic E-state index is 12.8. The minimum Gasteiger partial charge on any atom is -0.480 e. The summed E-state index contributed by atoms with van der Waals surface area (Å²) in [6, 6.07) is -0.0672. The number of rotatable bonds is 3. The van der Waals surface area contributed by atoms with E-state index in [9.17, 15) is 31.1 Å². The molecular weight excluding hydrogens is 312 g/mol. The lowest BCUT2D eigenvalue weighted by molar-refractivity contribution is -0.276. The zero-order valence-electron chi connectivity index (χ0n) is 10.4. The average Bonchev–Trinajstić information content (AvgIpc) is 2.33. The molecule has 0 amide bonds. The molecule has 1 heterocycles. The van der Waals surface area contributed by atoms with Crippen LogP contribution in [0.5, 0.6) is 11.8 Å². The van der Waals surface area contributed by atoms with Gasteiger partial charge in [-0.3, -0.25) is 0 Å². The molecule has 0 fully saturated rings. The van der Waals surface area contributed by atoms with E-state index in [-0.39, 0.29) is 6.07 Å². The molecule has 118 valence electrons. The van der Waals surface area contributed by atoms with Crippen molar-refractivity contribution in [3.8, 4) is 11.8 Å². The summed E-state index contributed by atoms with van der Waals surface area (Å²) < 4.78 is 86.5. The minimum absolute atomic E-state index is 0.0672. The second-order valence-corrected chi connectivity index (χ2v) is 3.43. The van der Waals surface area contributed by atoms with Crippen LogP contribution in [0.3, 0.4) is 0 Å². The Morgan fingerprint density at radius 2 is 1.71 bits per heavy atom. The van der Waals surface area contributed by atoms with Crippen molar-refractivity contribution < 1.29 is 45.3 Å². The number of nitrogens with zero attached hydrogens (tertiary/aromatic N) is 1. The van der Waals surface area contributed by atoms with Gasteiger partial charge in [-0.2, -0.15) is 18.2 Å².